The Balaban J connectivity index is 2.61. The van der Waals surface area contributed by atoms with Crippen LogP contribution >= 0.6 is 0 Å². The molecule has 1 fully saturated rings. The summed E-state index contributed by atoms with van der Waals surface area (Å²) in [6, 6.07) is 0.0228. The lowest BCUT2D eigenvalue weighted by molar-refractivity contribution is -0.137. The summed E-state index contributed by atoms with van der Waals surface area (Å²) in [6.07, 6.45) is 0.862. The van der Waals surface area contributed by atoms with E-state index in [-0.39, 0.29) is 6.04 Å². The number of sulfonamides is 1. The minimum Gasteiger partial charge on any atom is -0.468 e. The van der Waals surface area contributed by atoms with Crippen molar-refractivity contribution < 1.29 is 17.9 Å². The maximum Gasteiger partial charge on any atom is 0.322 e. The Morgan fingerprint density at radius 1 is 1.62 bits per heavy atom. The standard InChI is InChI=1S/C7H13NO4S/c1-6-3-4-8(6)13(10,11)5-7(9)12-2/h6H,3-5H2,1-2H3/t6-/m1/s1. The number of carbonyl (C=O) groups is 1. The number of nitrogens with zero attached hydrogens (tertiary/aromatic N) is 1. The van der Waals surface area contributed by atoms with E-state index < -0.39 is 21.7 Å². The highest BCUT2D eigenvalue weighted by Crippen LogP contribution is 2.20. The van der Waals surface area contributed by atoms with Crippen LogP contribution in [0.2, 0.25) is 0 Å². The number of hydrogen-bond donors (Lipinski definition) is 0. The summed E-state index contributed by atoms with van der Waals surface area (Å²) in [5.74, 6) is -1.26. The summed E-state index contributed by atoms with van der Waals surface area (Å²) in [5, 5.41) is 0. The average molecular weight is 207 g/mol. The first-order chi connectivity index (χ1) is 5.97. The van der Waals surface area contributed by atoms with Crippen molar-refractivity contribution in [3.63, 3.8) is 0 Å². The van der Waals surface area contributed by atoms with Crippen molar-refractivity contribution in [2.24, 2.45) is 0 Å². The van der Waals surface area contributed by atoms with Gasteiger partial charge >= 0.3 is 5.97 Å². The van der Waals surface area contributed by atoms with Crippen molar-refractivity contribution in [1.82, 2.24) is 4.31 Å². The fourth-order valence-corrected chi connectivity index (χ4v) is 2.82. The van der Waals surface area contributed by atoms with Gasteiger partial charge in [0.15, 0.2) is 5.75 Å². The molecule has 1 heterocycles. The summed E-state index contributed by atoms with van der Waals surface area (Å²) < 4.78 is 28.5. The fourth-order valence-electron chi connectivity index (χ4n) is 1.20. The molecule has 0 aromatic rings. The second-order valence-electron chi connectivity index (χ2n) is 3.08. The molecule has 0 saturated carbocycles. The molecule has 0 aliphatic carbocycles. The van der Waals surface area contributed by atoms with Gasteiger partial charge in [-0.05, 0) is 13.3 Å². The van der Waals surface area contributed by atoms with Gasteiger partial charge in [-0.1, -0.05) is 0 Å². The maximum absolute atomic E-state index is 11.4. The lowest BCUT2D eigenvalue weighted by Gasteiger charge is -2.36. The molecule has 76 valence electrons. The quantitative estimate of drug-likeness (QED) is 0.590. The smallest absolute Gasteiger partial charge is 0.322 e. The van der Waals surface area contributed by atoms with Crippen LogP contribution in [0.25, 0.3) is 0 Å². The highest BCUT2D eigenvalue weighted by atomic mass is 32.2. The minimum absolute atomic E-state index is 0.0228. The van der Waals surface area contributed by atoms with E-state index in [1.54, 1.807) is 0 Å². The molecule has 0 radical (unpaired) electrons. The van der Waals surface area contributed by atoms with Gasteiger partial charge in [0.1, 0.15) is 0 Å². The summed E-state index contributed by atoms with van der Waals surface area (Å²) in [5.41, 5.74) is 0. The van der Waals surface area contributed by atoms with Gasteiger partial charge in [0, 0.05) is 12.6 Å². The molecule has 0 bridgehead atoms. The number of esters is 1. The van der Waals surface area contributed by atoms with E-state index >= 15 is 0 Å². The molecule has 0 amide bonds. The highest BCUT2D eigenvalue weighted by molar-refractivity contribution is 7.89. The third kappa shape index (κ3) is 2.19. The Kier molecular flexibility index (Phi) is 2.92. The molecule has 1 aliphatic heterocycles. The van der Waals surface area contributed by atoms with Gasteiger partial charge in [0.25, 0.3) is 0 Å². The Morgan fingerprint density at radius 2 is 2.23 bits per heavy atom. The maximum atomic E-state index is 11.4. The molecular formula is C7H13NO4S. The molecule has 5 nitrogen and oxygen atoms in total. The van der Waals surface area contributed by atoms with Crippen molar-refractivity contribution in [1.29, 1.82) is 0 Å². The first-order valence-electron chi connectivity index (χ1n) is 4.03. The zero-order valence-electron chi connectivity index (χ0n) is 7.69. The fraction of sp³-hybridized carbons (Fsp3) is 0.857. The van der Waals surface area contributed by atoms with Crippen LogP contribution in [-0.2, 0) is 19.6 Å². The number of ether oxygens (including phenoxy) is 1. The van der Waals surface area contributed by atoms with Gasteiger partial charge in [-0.25, -0.2) is 8.42 Å². The monoisotopic (exact) mass is 207 g/mol. The molecule has 0 unspecified atom stereocenters. The molecule has 0 aromatic heterocycles. The van der Waals surface area contributed by atoms with Crippen LogP contribution in [0.15, 0.2) is 0 Å². The average Bonchev–Trinajstić information content (AvgIpc) is 1.99. The summed E-state index contributed by atoms with van der Waals surface area (Å²) >= 11 is 0. The second kappa shape index (κ2) is 3.63. The topological polar surface area (TPSA) is 63.7 Å². The Morgan fingerprint density at radius 3 is 2.54 bits per heavy atom. The molecule has 6 heteroatoms. The predicted octanol–water partition coefficient (Wildman–Crippen LogP) is -0.417. The van der Waals surface area contributed by atoms with Crippen LogP contribution in [0.4, 0.5) is 0 Å². The molecule has 1 rings (SSSR count). The lowest BCUT2D eigenvalue weighted by atomic mass is 10.1. The van der Waals surface area contributed by atoms with Crippen LogP contribution in [0.3, 0.4) is 0 Å². The van der Waals surface area contributed by atoms with Crippen molar-refractivity contribution in [3.8, 4) is 0 Å². The second-order valence-corrected chi connectivity index (χ2v) is 5.00. The zero-order valence-corrected chi connectivity index (χ0v) is 8.50. The predicted molar refractivity (Wildman–Crippen MR) is 46.6 cm³/mol. The largest absolute Gasteiger partial charge is 0.468 e. The van der Waals surface area contributed by atoms with Gasteiger partial charge in [0.05, 0.1) is 7.11 Å². The van der Waals surface area contributed by atoms with Gasteiger partial charge in [-0.15, -0.1) is 0 Å². The van der Waals surface area contributed by atoms with E-state index in [2.05, 4.69) is 4.74 Å². The van der Waals surface area contributed by atoms with Gasteiger partial charge < -0.3 is 4.74 Å². The summed E-state index contributed by atoms with van der Waals surface area (Å²) in [6.45, 7) is 2.33. The van der Waals surface area contributed by atoms with Crippen LogP contribution in [0.5, 0.6) is 0 Å². The van der Waals surface area contributed by atoms with Crippen LogP contribution in [-0.4, -0.2) is 44.1 Å². The van der Waals surface area contributed by atoms with Gasteiger partial charge in [-0.3, -0.25) is 4.79 Å². The number of methoxy groups -OCH3 is 1. The van der Waals surface area contributed by atoms with E-state index in [0.717, 1.165) is 6.42 Å². The van der Waals surface area contributed by atoms with Crippen molar-refractivity contribution in [2.75, 3.05) is 19.4 Å². The third-order valence-electron chi connectivity index (χ3n) is 2.14. The van der Waals surface area contributed by atoms with E-state index in [4.69, 9.17) is 0 Å². The van der Waals surface area contributed by atoms with E-state index in [9.17, 15) is 13.2 Å². The molecule has 0 spiro atoms. The van der Waals surface area contributed by atoms with E-state index in [1.807, 2.05) is 6.92 Å². The van der Waals surface area contributed by atoms with E-state index in [0.29, 0.717) is 6.54 Å². The van der Waals surface area contributed by atoms with Gasteiger partial charge in [-0.2, -0.15) is 4.31 Å². The minimum atomic E-state index is -3.43. The first-order valence-corrected chi connectivity index (χ1v) is 5.64. The first kappa shape index (κ1) is 10.5. The van der Waals surface area contributed by atoms with E-state index in [1.165, 1.54) is 11.4 Å². The van der Waals surface area contributed by atoms with Crippen molar-refractivity contribution in [2.45, 2.75) is 19.4 Å². The third-order valence-corrected chi connectivity index (χ3v) is 4.00. The molecular weight excluding hydrogens is 194 g/mol. The molecule has 0 aromatic carbocycles. The van der Waals surface area contributed by atoms with Crippen molar-refractivity contribution >= 4 is 16.0 Å². The number of rotatable bonds is 3. The van der Waals surface area contributed by atoms with Crippen LogP contribution < -0.4 is 0 Å². The normalized spacial score (nSPS) is 23.7. The summed E-state index contributed by atoms with van der Waals surface area (Å²) in [4.78, 5) is 10.8. The Hall–Kier alpha value is -0.620. The number of hydrogen-bond acceptors (Lipinski definition) is 4. The lowest BCUT2D eigenvalue weighted by Crippen LogP contribution is -2.50. The Bertz CT molecular complexity index is 298. The molecule has 1 saturated heterocycles. The molecule has 1 atom stereocenters. The molecule has 0 N–H and O–H groups in total. The molecule has 1 aliphatic rings. The Labute approximate surface area is 77.7 Å². The zero-order chi connectivity index (χ0) is 10.1. The number of carbonyl (C=O) groups excluding carboxylic acids is 1. The summed E-state index contributed by atoms with van der Waals surface area (Å²) in [7, 11) is -2.25. The molecule has 13 heavy (non-hydrogen) atoms. The van der Waals surface area contributed by atoms with Crippen LogP contribution in [0, 0.1) is 0 Å². The van der Waals surface area contributed by atoms with Crippen molar-refractivity contribution in [3.05, 3.63) is 0 Å². The van der Waals surface area contributed by atoms with Crippen LogP contribution in [0.1, 0.15) is 13.3 Å². The highest BCUT2D eigenvalue weighted by Gasteiger charge is 2.35. The van der Waals surface area contributed by atoms with Gasteiger partial charge in [0.2, 0.25) is 10.0 Å². The SMILES string of the molecule is COC(=O)CS(=O)(=O)N1CC[C@H]1C.